The van der Waals surface area contributed by atoms with Gasteiger partial charge in [-0.25, -0.2) is 0 Å². The molecule has 0 saturated heterocycles. The molecule has 0 radical (unpaired) electrons. The monoisotopic (exact) mass is 227 g/mol. The number of aromatic nitrogens is 1. The molecule has 4 N–H and O–H groups in total. The third kappa shape index (κ3) is 3.12. The minimum absolute atomic E-state index is 0.0178. The lowest BCUT2D eigenvalue weighted by molar-refractivity contribution is 0.720. The molecular formula is C14H17N3. The van der Waals surface area contributed by atoms with Crippen LogP contribution in [0.1, 0.15) is 22.7 Å². The van der Waals surface area contributed by atoms with E-state index in [1.807, 2.05) is 36.4 Å². The van der Waals surface area contributed by atoms with E-state index in [1.54, 1.807) is 12.4 Å². The van der Waals surface area contributed by atoms with Crippen molar-refractivity contribution in [3.05, 3.63) is 65.5 Å². The van der Waals surface area contributed by atoms with E-state index >= 15 is 0 Å². The van der Waals surface area contributed by atoms with Crippen molar-refractivity contribution < 1.29 is 0 Å². The second-order valence-corrected chi connectivity index (χ2v) is 4.11. The first-order valence-electron chi connectivity index (χ1n) is 5.73. The summed E-state index contributed by atoms with van der Waals surface area (Å²) >= 11 is 0. The second kappa shape index (κ2) is 5.57. The highest BCUT2D eigenvalue weighted by atomic mass is 14.6. The maximum Gasteiger partial charge on any atom is 0.0335 e. The Morgan fingerprint density at radius 1 is 0.941 bits per heavy atom. The van der Waals surface area contributed by atoms with Gasteiger partial charge in [0, 0.05) is 25.0 Å². The van der Waals surface area contributed by atoms with E-state index in [4.69, 9.17) is 11.5 Å². The molecular weight excluding hydrogens is 210 g/mol. The SMILES string of the molecule is NCc1ccc(C(N)Cc2ccncc2)cc1. The van der Waals surface area contributed by atoms with Crippen molar-refractivity contribution in [2.75, 3.05) is 0 Å². The van der Waals surface area contributed by atoms with E-state index in [2.05, 4.69) is 4.98 Å². The molecule has 0 aliphatic rings. The summed E-state index contributed by atoms with van der Waals surface area (Å²) in [4.78, 5) is 3.99. The maximum atomic E-state index is 6.17. The lowest BCUT2D eigenvalue weighted by atomic mass is 9.99. The molecule has 0 fully saturated rings. The molecule has 0 bridgehead atoms. The standard InChI is InChI=1S/C14H17N3/c15-10-12-1-3-13(4-2-12)14(16)9-11-5-7-17-8-6-11/h1-8,14H,9-10,15-16H2. The number of nitrogens with two attached hydrogens (primary N) is 2. The van der Waals surface area contributed by atoms with Gasteiger partial charge in [-0.3, -0.25) is 4.98 Å². The van der Waals surface area contributed by atoms with Gasteiger partial charge in [-0.1, -0.05) is 24.3 Å². The van der Waals surface area contributed by atoms with Gasteiger partial charge >= 0.3 is 0 Å². The van der Waals surface area contributed by atoms with Crippen LogP contribution in [0.25, 0.3) is 0 Å². The van der Waals surface area contributed by atoms with Crippen LogP contribution in [0.4, 0.5) is 0 Å². The Morgan fingerprint density at radius 3 is 2.18 bits per heavy atom. The molecule has 3 heteroatoms. The van der Waals surface area contributed by atoms with Crippen molar-refractivity contribution in [2.45, 2.75) is 19.0 Å². The van der Waals surface area contributed by atoms with Crippen molar-refractivity contribution >= 4 is 0 Å². The van der Waals surface area contributed by atoms with Gasteiger partial charge in [-0.15, -0.1) is 0 Å². The van der Waals surface area contributed by atoms with Crippen LogP contribution in [-0.2, 0) is 13.0 Å². The molecule has 17 heavy (non-hydrogen) atoms. The Kier molecular flexibility index (Phi) is 3.85. The molecule has 1 atom stereocenters. The maximum absolute atomic E-state index is 6.17. The minimum Gasteiger partial charge on any atom is -0.326 e. The molecule has 0 aliphatic carbocycles. The Bertz CT molecular complexity index is 451. The lowest BCUT2D eigenvalue weighted by Gasteiger charge is -2.12. The quantitative estimate of drug-likeness (QED) is 0.836. The predicted octanol–water partition coefficient (Wildman–Crippen LogP) is 1.78. The van der Waals surface area contributed by atoms with Crippen LogP contribution in [0.3, 0.4) is 0 Å². The smallest absolute Gasteiger partial charge is 0.0335 e. The lowest BCUT2D eigenvalue weighted by Crippen LogP contribution is -2.13. The Balaban J connectivity index is 2.06. The molecule has 1 unspecified atom stereocenters. The third-order valence-corrected chi connectivity index (χ3v) is 2.85. The van der Waals surface area contributed by atoms with Crippen molar-refractivity contribution in [1.29, 1.82) is 0 Å². The first-order valence-corrected chi connectivity index (χ1v) is 5.73. The average molecular weight is 227 g/mol. The fourth-order valence-corrected chi connectivity index (χ4v) is 1.79. The van der Waals surface area contributed by atoms with Crippen LogP contribution in [0.15, 0.2) is 48.8 Å². The summed E-state index contributed by atoms with van der Waals surface area (Å²) in [6.45, 7) is 0.569. The topological polar surface area (TPSA) is 64.9 Å². The Labute approximate surface area is 101 Å². The zero-order valence-electron chi connectivity index (χ0n) is 9.71. The second-order valence-electron chi connectivity index (χ2n) is 4.11. The Morgan fingerprint density at radius 2 is 1.59 bits per heavy atom. The van der Waals surface area contributed by atoms with E-state index < -0.39 is 0 Å². The first kappa shape index (κ1) is 11.8. The highest BCUT2D eigenvalue weighted by Gasteiger charge is 2.06. The van der Waals surface area contributed by atoms with Crippen molar-refractivity contribution in [2.24, 2.45) is 11.5 Å². The first-order chi connectivity index (χ1) is 8.29. The van der Waals surface area contributed by atoms with Crippen LogP contribution in [0, 0.1) is 0 Å². The highest BCUT2D eigenvalue weighted by Crippen LogP contribution is 2.16. The van der Waals surface area contributed by atoms with E-state index in [0.717, 1.165) is 17.5 Å². The zero-order chi connectivity index (χ0) is 12.1. The molecule has 0 spiro atoms. The summed E-state index contributed by atoms with van der Waals surface area (Å²) in [5, 5.41) is 0. The Hall–Kier alpha value is -1.71. The molecule has 0 aliphatic heterocycles. The third-order valence-electron chi connectivity index (χ3n) is 2.85. The van der Waals surface area contributed by atoms with Crippen molar-refractivity contribution in [3.63, 3.8) is 0 Å². The molecule has 3 nitrogen and oxygen atoms in total. The van der Waals surface area contributed by atoms with Gasteiger partial charge in [0.05, 0.1) is 0 Å². The van der Waals surface area contributed by atoms with Crippen molar-refractivity contribution in [3.8, 4) is 0 Å². The molecule has 0 amide bonds. The van der Waals surface area contributed by atoms with Crippen LogP contribution in [0.2, 0.25) is 0 Å². The zero-order valence-corrected chi connectivity index (χ0v) is 9.71. The van der Waals surface area contributed by atoms with Gasteiger partial charge in [0.2, 0.25) is 0 Å². The highest BCUT2D eigenvalue weighted by molar-refractivity contribution is 5.26. The van der Waals surface area contributed by atoms with Crippen molar-refractivity contribution in [1.82, 2.24) is 4.98 Å². The fourth-order valence-electron chi connectivity index (χ4n) is 1.79. The van der Waals surface area contributed by atoms with Gasteiger partial charge in [0.1, 0.15) is 0 Å². The van der Waals surface area contributed by atoms with Gasteiger partial charge < -0.3 is 11.5 Å². The summed E-state index contributed by atoms with van der Waals surface area (Å²) in [5.74, 6) is 0. The molecule has 2 aromatic rings. The number of pyridine rings is 1. The summed E-state index contributed by atoms with van der Waals surface area (Å²) < 4.78 is 0. The number of benzene rings is 1. The predicted molar refractivity (Wildman–Crippen MR) is 69.2 cm³/mol. The number of hydrogen-bond donors (Lipinski definition) is 2. The molecule has 88 valence electrons. The molecule has 0 saturated carbocycles. The minimum atomic E-state index is 0.0178. The van der Waals surface area contributed by atoms with Crippen LogP contribution < -0.4 is 11.5 Å². The van der Waals surface area contributed by atoms with Gasteiger partial charge in [-0.05, 0) is 35.2 Å². The number of rotatable bonds is 4. The number of hydrogen-bond acceptors (Lipinski definition) is 3. The van der Waals surface area contributed by atoms with Crippen LogP contribution in [-0.4, -0.2) is 4.98 Å². The van der Waals surface area contributed by atoms with E-state index in [0.29, 0.717) is 6.54 Å². The average Bonchev–Trinajstić information content (AvgIpc) is 2.40. The number of nitrogens with zero attached hydrogens (tertiary/aromatic N) is 1. The normalized spacial score (nSPS) is 12.4. The van der Waals surface area contributed by atoms with E-state index in [-0.39, 0.29) is 6.04 Å². The summed E-state index contributed by atoms with van der Waals surface area (Å²) in [6.07, 6.45) is 4.41. The fraction of sp³-hybridized carbons (Fsp3) is 0.214. The van der Waals surface area contributed by atoms with Crippen LogP contribution >= 0.6 is 0 Å². The van der Waals surface area contributed by atoms with Gasteiger partial charge in [-0.2, -0.15) is 0 Å². The molecule has 2 rings (SSSR count). The van der Waals surface area contributed by atoms with Crippen LogP contribution in [0.5, 0.6) is 0 Å². The van der Waals surface area contributed by atoms with E-state index in [1.165, 1.54) is 5.56 Å². The van der Waals surface area contributed by atoms with Gasteiger partial charge in [0.25, 0.3) is 0 Å². The summed E-state index contributed by atoms with van der Waals surface area (Å²) in [5.41, 5.74) is 15.2. The van der Waals surface area contributed by atoms with E-state index in [9.17, 15) is 0 Å². The summed E-state index contributed by atoms with van der Waals surface area (Å²) in [7, 11) is 0. The summed E-state index contributed by atoms with van der Waals surface area (Å²) in [6, 6.07) is 12.2. The van der Waals surface area contributed by atoms with Gasteiger partial charge in [0.15, 0.2) is 0 Å². The molecule has 1 aromatic heterocycles. The molecule has 1 heterocycles. The molecule has 1 aromatic carbocycles. The largest absolute Gasteiger partial charge is 0.326 e.